The maximum atomic E-state index is 12.7. The van der Waals surface area contributed by atoms with Crippen LogP contribution in [0.25, 0.3) is 11.0 Å². The molecule has 0 bridgehead atoms. The zero-order valence-corrected chi connectivity index (χ0v) is 24.5. The van der Waals surface area contributed by atoms with E-state index in [2.05, 4.69) is 42.2 Å². The number of carbonyl (C=O) groups excluding carboxylic acids is 1. The summed E-state index contributed by atoms with van der Waals surface area (Å²) < 4.78 is 8.17. The maximum Gasteiger partial charge on any atom is 0.208 e. The molecular weight excluding hydrogens is 522 g/mol. The van der Waals surface area contributed by atoms with Crippen LogP contribution in [0, 0.1) is 5.92 Å². The molecule has 2 aromatic heterocycles. The summed E-state index contributed by atoms with van der Waals surface area (Å²) in [6, 6.07) is 15.5. The number of anilines is 2. The summed E-state index contributed by atoms with van der Waals surface area (Å²) in [5, 5.41) is 4.19. The van der Waals surface area contributed by atoms with Crippen LogP contribution < -0.4 is 10.1 Å². The number of hydrogen-bond donors (Lipinski definition) is 1. The first-order valence-corrected chi connectivity index (χ1v) is 14.5. The Morgan fingerprint density at radius 2 is 1.85 bits per heavy atom. The predicted octanol–water partition coefficient (Wildman–Crippen LogP) is 7.51. The molecule has 4 aromatic rings. The third-order valence-corrected chi connectivity index (χ3v) is 8.14. The summed E-state index contributed by atoms with van der Waals surface area (Å²) in [5.41, 5.74) is 4.57. The molecule has 0 saturated carbocycles. The Kier molecular flexibility index (Phi) is 8.72. The van der Waals surface area contributed by atoms with Gasteiger partial charge in [-0.25, -0.2) is 4.98 Å². The fraction of sp³-hybridized carbons (Fsp3) is 0.406. The number of piperidine rings is 1. The van der Waals surface area contributed by atoms with E-state index in [0.717, 1.165) is 58.5 Å². The van der Waals surface area contributed by atoms with Crippen LogP contribution in [0.2, 0.25) is 5.02 Å². The number of benzene rings is 2. The van der Waals surface area contributed by atoms with Crippen molar-refractivity contribution in [3.63, 3.8) is 0 Å². The summed E-state index contributed by atoms with van der Waals surface area (Å²) in [4.78, 5) is 24.2. The van der Waals surface area contributed by atoms with Gasteiger partial charge in [-0.2, -0.15) is 0 Å². The van der Waals surface area contributed by atoms with Gasteiger partial charge in [0, 0.05) is 48.9 Å². The molecule has 210 valence electrons. The van der Waals surface area contributed by atoms with E-state index in [1.54, 1.807) is 6.20 Å². The third-order valence-electron chi connectivity index (χ3n) is 7.80. The highest BCUT2D eigenvalue weighted by Crippen LogP contribution is 2.31. The summed E-state index contributed by atoms with van der Waals surface area (Å²) in [5.74, 6) is 3.28. The molecule has 5 rings (SSSR count). The molecule has 2 aromatic carbocycles. The van der Waals surface area contributed by atoms with E-state index in [-0.39, 0.29) is 5.78 Å². The number of carbonyl (C=O) groups is 1. The molecule has 0 spiro atoms. The van der Waals surface area contributed by atoms with E-state index in [1.807, 2.05) is 54.1 Å². The smallest absolute Gasteiger partial charge is 0.208 e. The van der Waals surface area contributed by atoms with Gasteiger partial charge in [-0.05, 0) is 93.2 Å². The van der Waals surface area contributed by atoms with Gasteiger partial charge in [0.05, 0.1) is 16.7 Å². The predicted molar refractivity (Wildman–Crippen MR) is 162 cm³/mol. The van der Waals surface area contributed by atoms with Crippen molar-refractivity contribution in [2.24, 2.45) is 13.0 Å². The van der Waals surface area contributed by atoms with E-state index in [9.17, 15) is 4.79 Å². The van der Waals surface area contributed by atoms with Crippen molar-refractivity contribution in [2.45, 2.75) is 51.9 Å². The molecule has 3 heterocycles. The summed E-state index contributed by atoms with van der Waals surface area (Å²) in [6.45, 7) is 6.51. The zero-order chi connectivity index (χ0) is 28.2. The molecule has 1 saturated heterocycles. The molecule has 8 heteroatoms. The lowest BCUT2D eigenvalue weighted by molar-refractivity contribution is -0.118. The van der Waals surface area contributed by atoms with Gasteiger partial charge in [0.25, 0.3) is 0 Å². The molecule has 0 amide bonds. The van der Waals surface area contributed by atoms with Crippen LogP contribution in [-0.2, 0) is 18.3 Å². The number of halogens is 1. The fourth-order valence-corrected chi connectivity index (χ4v) is 5.64. The normalized spacial score (nSPS) is 14.7. The lowest BCUT2D eigenvalue weighted by Gasteiger charge is -2.28. The van der Waals surface area contributed by atoms with Gasteiger partial charge in [0.2, 0.25) is 5.95 Å². The van der Waals surface area contributed by atoms with Crippen LogP contribution in [0.4, 0.5) is 11.6 Å². The van der Waals surface area contributed by atoms with Crippen LogP contribution in [0.3, 0.4) is 0 Å². The minimum atomic E-state index is 0.236. The van der Waals surface area contributed by atoms with Gasteiger partial charge in [0.15, 0.2) is 0 Å². The molecular formula is C32H38ClN5O2. The first-order chi connectivity index (χ1) is 19.2. The lowest BCUT2D eigenvalue weighted by Crippen LogP contribution is -2.30. The topological polar surface area (TPSA) is 72.3 Å². The van der Waals surface area contributed by atoms with E-state index < -0.39 is 0 Å². The maximum absolute atomic E-state index is 12.7. The molecule has 0 atom stereocenters. The van der Waals surface area contributed by atoms with Crippen LogP contribution in [-0.4, -0.2) is 45.4 Å². The number of hydrogen-bond acceptors (Lipinski definition) is 6. The van der Waals surface area contributed by atoms with E-state index >= 15 is 0 Å². The minimum Gasteiger partial charge on any atom is -0.457 e. The summed E-state index contributed by atoms with van der Waals surface area (Å²) in [7, 11) is 4.15. The van der Waals surface area contributed by atoms with Crippen molar-refractivity contribution in [3.05, 3.63) is 71.0 Å². The number of fused-ring (bicyclic) bond motifs is 1. The van der Waals surface area contributed by atoms with Crippen molar-refractivity contribution < 1.29 is 9.53 Å². The quantitative estimate of drug-likeness (QED) is 0.217. The van der Waals surface area contributed by atoms with Gasteiger partial charge in [0.1, 0.15) is 17.3 Å². The second-order valence-corrected chi connectivity index (χ2v) is 11.7. The van der Waals surface area contributed by atoms with Crippen LogP contribution in [0.5, 0.6) is 11.5 Å². The average Bonchev–Trinajstić information content (AvgIpc) is 3.23. The van der Waals surface area contributed by atoms with Crippen molar-refractivity contribution in [3.8, 4) is 11.5 Å². The number of ketones is 1. The lowest BCUT2D eigenvalue weighted by atomic mass is 9.91. The Morgan fingerprint density at radius 1 is 1.07 bits per heavy atom. The average molecular weight is 560 g/mol. The molecule has 1 aliphatic rings. The minimum absolute atomic E-state index is 0.236. The number of aryl methyl sites for hydroxylation is 1. The highest BCUT2D eigenvalue weighted by Gasteiger charge is 2.18. The Hall–Kier alpha value is -3.42. The van der Waals surface area contributed by atoms with Gasteiger partial charge in [-0.15, -0.1) is 0 Å². The van der Waals surface area contributed by atoms with Crippen molar-refractivity contribution in [1.29, 1.82) is 0 Å². The molecule has 1 fully saturated rings. The highest BCUT2D eigenvalue weighted by molar-refractivity contribution is 6.31. The SMILES string of the molecule is CC(C)c1cc(Nc2nc3cc(Oc4ccnc(CC(=O)CCC5CCN(C)CC5)c4)ccc3n2C)ccc1Cl. The number of ether oxygens (including phenoxy) is 1. The molecule has 7 nitrogen and oxygen atoms in total. The monoisotopic (exact) mass is 559 g/mol. The van der Waals surface area contributed by atoms with Crippen LogP contribution in [0.1, 0.15) is 56.7 Å². The number of rotatable bonds is 10. The first kappa shape index (κ1) is 28.1. The Morgan fingerprint density at radius 3 is 2.62 bits per heavy atom. The zero-order valence-electron chi connectivity index (χ0n) is 23.8. The van der Waals surface area contributed by atoms with Gasteiger partial charge in [-0.1, -0.05) is 25.4 Å². The van der Waals surface area contributed by atoms with Crippen molar-refractivity contribution in [1.82, 2.24) is 19.4 Å². The number of imidazole rings is 1. The largest absolute Gasteiger partial charge is 0.457 e. The van der Waals surface area contributed by atoms with Gasteiger partial charge < -0.3 is 19.5 Å². The fourth-order valence-electron chi connectivity index (χ4n) is 5.31. The number of pyridine rings is 1. The second kappa shape index (κ2) is 12.4. The van der Waals surface area contributed by atoms with E-state index in [1.165, 1.54) is 12.8 Å². The van der Waals surface area contributed by atoms with E-state index in [4.69, 9.17) is 21.3 Å². The number of likely N-dealkylation sites (tertiary alicyclic amines) is 1. The molecule has 40 heavy (non-hydrogen) atoms. The van der Waals surface area contributed by atoms with E-state index in [0.29, 0.717) is 36.2 Å². The van der Waals surface area contributed by atoms with Crippen molar-refractivity contribution in [2.75, 3.05) is 25.5 Å². The molecule has 0 aliphatic carbocycles. The number of nitrogens with zero attached hydrogens (tertiary/aromatic N) is 4. The molecule has 1 aliphatic heterocycles. The number of nitrogens with one attached hydrogen (secondary N) is 1. The summed E-state index contributed by atoms with van der Waals surface area (Å²) in [6.07, 6.45) is 5.99. The number of Topliss-reactive ketones (excluding diaryl/α,β-unsaturated/α-hetero) is 1. The van der Waals surface area contributed by atoms with Gasteiger partial charge >= 0.3 is 0 Å². The van der Waals surface area contributed by atoms with Crippen LogP contribution >= 0.6 is 11.6 Å². The highest BCUT2D eigenvalue weighted by atomic mass is 35.5. The second-order valence-electron chi connectivity index (χ2n) is 11.2. The third kappa shape index (κ3) is 6.83. The van der Waals surface area contributed by atoms with Gasteiger partial charge in [-0.3, -0.25) is 9.78 Å². The molecule has 0 unspecified atom stereocenters. The van der Waals surface area contributed by atoms with Crippen LogP contribution in [0.15, 0.2) is 54.7 Å². The number of aromatic nitrogens is 3. The Bertz CT molecular complexity index is 1490. The molecule has 1 N–H and O–H groups in total. The summed E-state index contributed by atoms with van der Waals surface area (Å²) >= 11 is 6.37. The molecule has 0 radical (unpaired) electrons. The standard InChI is InChI=1S/C32H38ClN5O2/c1-21(2)28-19-23(6-9-29(28)33)35-32-36-30-20-26(8-10-31(30)38(32)4)40-27-11-14-34-24(18-27)17-25(39)7-5-22-12-15-37(3)16-13-22/h6,8-11,14,18-22H,5,7,12-13,15-17H2,1-4H3,(H,35,36). The van der Waals surface area contributed by atoms with Crippen molar-refractivity contribution >= 4 is 40.1 Å². The Labute approximate surface area is 241 Å². The Balaban J connectivity index is 1.23. The first-order valence-electron chi connectivity index (χ1n) is 14.1.